The molecule has 2 unspecified atom stereocenters. The minimum Gasteiger partial charge on any atom is -0.493 e. The second-order valence-electron chi connectivity index (χ2n) is 5.60. The molecule has 1 aliphatic heterocycles. The Morgan fingerprint density at radius 2 is 1.88 bits per heavy atom. The van der Waals surface area contributed by atoms with Gasteiger partial charge >= 0.3 is 0 Å². The van der Waals surface area contributed by atoms with Gasteiger partial charge in [-0.2, -0.15) is 0 Å². The topological polar surface area (TPSA) is 68.9 Å². The first-order valence-corrected chi connectivity index (χ1v) is 7.68. The van der Waals surface area contributed by atoms with Crippen molar-refractivity contribution in [2.24, 2.45) is 10.7 Å². The molecule has 5 nitrogen and oxygen atoms in total. The van der Waals surface area contributed by atoms with Crippen LogP contribution < -0.4 is 20.5 Å². The lowest BCUT2D eigenvalue weighted by Crippen LogP contribution is -2.39. The van der Waals surface area contributed by atoms with Crippen LogP contribution in [-0.4, -0.2) is 20.2 Å². The van der Waals surface area contributed by atoms with Gasteiger partial charge in [0.15, 0.2) is 17.5 Å². The highest BCUT2D eigenvalue weighted by Gasteiger charge is 2.26. The van der Waals surface area contributed by atoms with Crippen LogP contribution in [0.2, 0.25) is 0 Å². The lowest BCUT2D eigenvalue weighted by Gasteiger charge is -2.29. The third kappa shape index (κ3) is 3.13. The largest absolute Gasteiger partial charge is 0.493 e. The van der Waals surface area contributed by atoms with E-state index in [1.54, 1.807) is 26.4 Å². The Bertz CT molecular complexity index is 764. The molecular formula is C18H20FN3O2. The maximum Gasteiger partial charge on any atom is 0.189 e. The van der Waals surface area contributed by atoms with Crippen molar-refractivity contribution in [3.8, 4) is 11.5 Å². The predicted molar refractivity (Wildman–Crippen MR) is 90.8 cm³/mol. The van der Waals surface area contributed by atoms with E-state index in [0.717, 1.165) is 5.56 Å². The minimum atomic E-state index is -0.254. The fourth-order valence-corrected chi connectivity index (χ4v) is 2.95. The van der Waals surface area contributed by atoms with Gasteiger partial charge in [0.2, 0.25) is 0 Å². The SMILES string of the molecule is COc1ccc(C2CC(c3ccccc3F)NC(N)=N2)cc1OC. The molecule has 24 heavy (non-hydrogen) atoms. The summed E-state index contributed by atoms with van der Waals surface area (Å²) in [6.45, 7) is 0. The van der Waals surface area contributed by atoms with Crippen LogP contribution in [0.25, 0.3) is 0 Å². The van der Waals surface area contributed by atoms with E-state index < -0.39 is 0 Å². The second-order valence-corrected chi connectivity index (χ2v) is 5.60. The summed E-state index contributed by atoms with van der Waals surface area (Å²) in [5, 5.41) is 3.06. The quantitative estimate of drug-likeness (QED) is 0.905. The number of aliphatic imine (C=N–C) groups is 1. The number of halogens is 1. The Balaban J connectivity index is 1.91. The molecule has 1 heterocycles. The molecule has 2 aromatic rings. The van der Waals surface area contributed by atoms with Crippen LogP contribution in [0.4, 0.5) is 4.39 Å². The van der Waals surface area contributed by atoms with Gasteiger partial charge in [-0.1, -0.05) is 24.3 Å². The summed E-state index contributed by atoms with van der Waals surface area (Å²) in [4.78, 5) is 4.45. The Labute approximate surface area is 140 Å². The Kier molecular flexibility index (Phi) is 4.55. The third-order valence-corrected chi connectivity index (χ3v) is 4.15. The molecule has 3 rings (SSSR count). The molecule has 0 spiro atoms. The molecule has 0 bridgehead atoms. The average molecular weight is 329 g/mol. The van der Waals surface area contributed by atoms with Gasteiger partial charge in [-0.15, -0.1) is 0 Å². The van der Waals surface area contributed by atoms with Gasteiger partial charge in [0.05, 0.1) is 26.3 Å². The first-order chi connectivity index (χ1) is 11.6. The highest BCUT2D eigenvalue weighted by molar-refractivity contribution is 5.79. The number of nitrogens with one attached hydrogen (secondary N) is 1. The van der Waals surface area contributed by atoms with E-state index in [-0.39, 0.29) is 17.9 Å². The third-order valence-electron chi connectivity index (χ3n) is 4.15. The zero-order chi connectivity index (χ0) is 17.1. The highest BCUT2D eigenvalue weighted by Crippen LogP contribution is 2.37. The minimum absolute atomic E-state index is 0.185. The van der Waals surface area contributed by atoms with Crippen LogP contribution in [0.1, 0.15) is 29.6 Å². The fourth-order valence-electron chi connectivity index (χ4n) is 2.95. The molecule has 1 aliphatic rings. The Morgan fingerprint density at radius 3 is 2.58 bits per heavy atom. The average Bonchev–Trinajstić information content (AvgIpc) is 2.61. The molecule has 0 amide bonds. The van der Waals surface area contributed by atoms with Crippen molar-refractivity contribution < 1.29 is 13.9 Å². The molecular weight excluding hydrogens is 309 g/mol. The summed E-state index contributed by atoms with van der Waals surface area (Å²) in [6.07, 6.45) is 0.594. The zero-order valence-corrected chi connectivity index (χ0v) is 13.6. The van der Waals surface area contributed by atoms with Crippen molar-refractivity contribution in [3.63, 3.8) is 0 Å². The van der Waals surface area contributed by atoms with Crippen LogP contribution in [0.3, 0.4) is 0 Å². The van der Waals surface area contributed by atoms with Crippen molar-refractivity contribution in [3.05, 3.63) is 59.4 Å². The summed E-state index contributed by atoms with van der Waals surface area (Å²) in [5.74, 6) is 1.33. The molecule has 0 aromatic heterocycles. The number of guanidine groups is 1. The predicted octanol–water partition coefficient (Wildman–Crippen LogP) is 2.93. The maximum atomic E-state index is 14.1. The van der Waals surface area contributed by atoms with Crippen molar-refractivity contribution in [2.45, 2.75) is 18.5 Å². The number of ether oxygens (including phenoxy) is 2. The molecule has 0 radical (unpaired) electrons. The lowest BCUT2D eigenvalue weighted by molar-refractivity contribution is 0.353. The summed E-state index contributed by atoms with van der Waals surface area (Å²) in [5.41, 5.74) is 7.45. The smallest absolute Gasteiger partial charge is 0.189 e. The summed E-state index contributed by atoms with van der Waals surface area (Å²) in [7, 11) is 3.18. The van der Waals surface area contributed by atoms with E-state index in [1.807, 2.05) is 24.3 Å². The number of benzene rings is 2. The van der Waals surface area contributed by atoms with Gasteiger partial charge < -0.3 is 20.5 Å². The van der Waals surface area contributed by atoms with E-state index in [2.05, 4.69) is 10.3 Å². The van der Waals surface area contributed by atoms with Gasteiger partial charge in [0.1, 0.15) is 5.82 Å². The zero-order valence-electron chi connectivity index (χ0n) is 13.6. The molecule has 0 aliphatic carbocycles. The highest BCUT2D eigenvalue weighted by atomic mass is 19.1. The number of methoxy groups -OCH3 is 2. The van der Waals surface area contributed by atoms with Gasteiger partial charge in [-0.3, -0.25) is 0 Å². The van der Waals surface area contributed by atoms with E-state index in [0.29, 0.717) is 29.4 Å². The number of nitrogens with zero attached hydrogens (tertiary/aromatic N) is 1. The summed E-state index contributed by atoms with van der Waals surface area (Å²) in [6, 6.07) is 11.9. The van der Waals surface area contributed by atoms with Crippen molar-refractivity contribution in [1.82, 2.24) is 5.32 Å². The molecule has 0 saturated heterocycles. The van der Waals surface area contributed by atoms with E-state index in [1.165, 1.54) is 6.07 Å². The standard InChI is InChI=1S/C18H20FN3O2/c1-23-16-8-7-11(9-17(16)24-2)14-10-15(22-18(20)21-14)12-5-3-4-6-13(12)19/h3-9,14-15H,10H2,1-2H3,(H3,20,21,22). The number of rotatable bonds is 4. The molecule has 126 valence electrons. The van der Waals surface area contributed by atoms with Gasteiger partial charge in [0.25, 0.3) is 0 Å². The molecule has 0 saturated carbocycles. The van der Waals surface area contributed by atoms with E-state index >= 15 is 0 Å². The van der Waals surface area contributed by atoms with Crippen LogP contribution in [0.15, 0.2) is 47.5 Å². The summed E-state index contributed by atoms with van der Waals surface area (Å²) >= 11 is 0. The normalized spacial score (nSPS) is 20.0. The molecule has 0 fully saturated rings. The van der Waals surface area contributed by atoms with Crippen LogP contribution in [0, 0.1) is 5.82 Å². The van der Waals surface area contributed by atoms with Gasteiger partial charge in [-0.25, -0.2) is 9.38 Å². The van der Waals surface area contributed by atoms with Gasteiger partial charge in [0, 0.05) is 5.56 Å². The maximum absolute atomic E-state index is 14.1. The second kappa shape index (κ2) is 6.78. The monoisotopic (exact) mass is 329 g/mol. The molecule has 2 atom stereocenters. The Hall–Kier alpha value is -2.76. The van der Waals surface area contributed by atoms with Crippen molar-refractivity contribution in [2.75, 3.05) is 14.2 Å². The lowest BCUT2D eigenvalue weighted by atomic mass is 9.93. The fraction of sp³-hybridized carbons (Fsp3) is 0.278. The van der Waals surface area contributed by atoms with E-state index in [9.17, 15) is 4.39 Å². The molecule has 3 N–H and O–H groups in total. The first-order valence-electron chi connectivity index (χ1n) is 7.68. The van der Waals surface area contributed by atoms with Gasteiger partial charge in [-0.05, 0) is 30.2 Å². The number of hydrogen-bond donors (Lipinski definition) is 2. The molecule has 6 heteroatoms. The number of nitrogens with two attached hydrogens (primary N) is 1. The van der Waals surface area contributed by atoms with E-state index in [4.69, 9.17) is 15.2 Å². The number of hydrogen-bond acceptors (Lipinski definition) is 5. The molecule has 2 aromatic carbocycles. The van der Waals surface area contributed by atoms with Crippen LogP contribution in [-0.2, 0) is 0 Å². The van der Waals surface area contributed by atoms with Crippen molar-refractivity contribution in [1.29, 1.82) is 0 Å². The van der Waals surface area contributed by atoms with Crippen LogP contribution >= 0.6 is 0 Å². The summed E-state index contributed by atoms with van der Waals surface area (Å²) < 4.78 is 24.7. The Morgan fingerprint density at radius 1 is 1.12 bits per heavy atom. The van der Waals surface area contributed by atoms with Crippen molar-refractivity contribution >= 4 is 5.96 Å². The first kappa shape index (κ1) is 16.1. The van der Waals surface area contributed by atoms with Crippen LogP contribution in [0.5, 0.6) is 11.5 Å².